The molecular formula is C9H7N3S. The van der Waals surface area contributed by atoms with E-state index in [2.05, 4.69) is 11.1 Å². The van der Waals surface area contributed by atoms with Crippen LogP contribution in [0.25, 0.3) is 10.2 Å². The first-order chi connectivity index (χ1) is 6.22. The fourth-order valence-corrected chi connectivity index (χ4v) is 2.10. The second-order valence-corrected chi connectivity index (χ2v) is 3.78. The van der Waals surface area contributed by atoms with Crippen LogP contribution < -0.4 is 5.73 Å². The van der Waals surface area contributed by atoms with E-state index in [1.54, 1.807) is 6.07 Å². The quantitative estimate of drug-likeness (QED) is 0.690. The summed E-state index contributed by atoms with van der Waals surface area (Å²) in [7, 11) is 0. The first-order valence-corrected chi connectivity index (χ1v) is 4.59. The van der Waals surface area contributed by atoms with Gasteiger partial charge in [0.05, 0.1) is 21.8 Å². The molecule has 0 aliphatic rings. The van der Waals surface area contributed by atoms with Crippen molar-refractivity contribution in [2.75, 3.05) is 5.73 Å². The number of hydrogen-bond acceptors (Lipinski definition) is 4. The summed E-state index contributed by atoms with van der Waals surface area (Å²) in [5.41, 5.74) is 8.11. The van der Waals surface area contributed by atoms with Crippen LogP contribution in [0.15, 0.2) is 12.1 Å². The van der Waals surface area contributed by atoms with Gasteiger partial charge in [0.1, 0.15) is 0 Å². The zero-order valence-corrected chi connectivity index (χ0v) is 7.85. The second kappa shape index (κ2) is 2.71. The Labute approximate surface area is 79.4 Å². The van der Waals surface area contributed by atoms with E-state index in [1.807, 2.05) is 13.0 Å². The third-order valence-corrected chi connectivity index (χ3v) is 2.96. The number of aromatic nitrogens is 1. The fourth-order valence-electron chi connectivity index (χ4n) is 1.26. The van der Waals surface area contributed by atoms with Crippen molar-refractivity contribution in [3.8, 4) is 6.07 Å². The Hall–Kier alpha value is -1.60. The molecule has 0 spiro atoms. The maximum absolute atomic E-state index is 8.79. The summed E-state index contributed by atoms with van der Waals surface area (Å²) in [6.45, 7) is 1.92. The van der Waals surface area contributed by atoms with Crippen LogP contribution in [0.1, 0.15) is 11.1 Å². The van der Waals surface area contributed by atoms with Gasteiger partial charge in [0.25, 0.3) is 0 Å². The van der Waals surface area contributed by atoms with Gasteiger partial charge in [0.15, 0.2) is 5.13 Å². The number of fused-ring (bicyclic) bond motifs is 1. The first kappa shape index (κ1) is 8.02. The monoisotopic (exact) mass is 189 g/mol. The summed E-state index contributed by atoms with van der Waals surface area (Å²) in [5.74, 6) is 0. The summed E-state index contributed by atoms with van der Waals surface area (Å²) in [6.07, 6.45) is 0. The lowest BCUT2D eigenvalue weighted by atomic mass is 10.1. The molecule has 0 unspecified atom stereocenters. The zero-order valence-electron chi connectivity index (χ0n) is 7.03. The van der Waals surface area contributed by atoms with Gasteiger partial charge in [-0.15, -0.1) is 0 Å². The molecule has 0 radical (unpaired) electrons. The van der Waals surface area contributed by atoms with Crippen LogP contribution >= 0.6 is 11.3 Å². The lowest BCUT2D eigenvalue weighted by Crippen LogP contribution is -1.81. The van der Waals surface area contributed by atoms with E-state index < -0.39 is 0 Å². The number of benzene rings is 1. The highest BCUT2D eigenvalue weighted by molar-refractivity contribution is 7.22. The molecule has 0 aliphatic heterocycles. The third-order valence-electron chi connectivity index (χ3n) is 1.94. The Morgan fingerprint density at radius 2 is 2.31 bits per heavy atom. The van der Waals surface area contributed by atoms with E-state index in [9.17, 15) is 0 Å². The highest BCUT2D eigenvalue weighted by Gasteiger charge is 2.06. The molecule has 0 saturated heterocycles. The normalized spacial score (nSPS) is 10.2. The molecular weight excluding hydrogens is 182 g/mol. The van der Waals surface area contributed by atoms with Crippen molar-refractivity contribution < 1.29 is 0 Å². The summed E-state index contributed by atoms with van der Waals surface area (Å²) in [4.78, 5) is 4.14. The van der Waals surface area contributed by atoms with E-state index in [0.717, 1.165) is 15.8 Å². The van der Waals surface area contributed by atoms with Gasteiger partial charge in [-0.05, 0) is 24.6 Å². The van der Waals surface area contributed by atoms with Gasteiger partial charge >= 0.3 is 0 Å². The molecule has 0 aliphatic carbocycles. The average Bonchev–Trinajstić information content (AvgIpc) is 2.47. The van der Waals surface area contributed by atoms with Crippen LogP contribution in [0.4, 0.5) is 5.13 Å². The summed E-state index contributed by atoms with van der Waals surface area (Å²) in [6, 6.07) is 5.74. The highest BCUT2D eigenvalue weighted by atomic mass is 32.1. The molecule has 2 rings (SSSR count). The largest absolute Gasteiger partial charge is 0.375 e. The molecule has 0 atom stereocenters. The van der Waals surface area contributed by atoms with E-state index in [4.69, 9.17) is 11.0 Å². The molecule has 0 amide bonds. The minimum Gasteiger partial charge on any atom is -0.375 e. The lowest BCUT2D eigenvalue weighted by molar-refractivity contribution is 1.42. The van der Waals surface area contributed by atoms with Crippen molar-refractivity contribution in [1.82, 2.24) is 4.98 Å². The molecule has 13 heavy (non-hydrogen) atoms. The molecule has 2 aromatic rings. The predicted molar refractivity (Wildman–Crippen MR) is 53.5 cm³/mol. The standard InChI is InChI=1S/C9H7N3S/c1-5-6(4-10)2-3-7-8(5)13-9(11)12-7/h2-3H,1H3,(H2,11,12). The van der Waals surface area contributed by atoms with Crippen molar-refractivity contribution in [3.63, 3.8) is 0 Å². The van der Waals surface area contributed by atoms with E-state index in [0.29, 0.717) is 10.7 Å². The molecule has 0 fully saturated rings. The lowest BCUT2D eigenvalue weighted by Gasteiger charge is -1.95. The zero-order chi connectivity index (χ0) is 9.42. The van der Waals surface area contributed by atoms with E-state index in [-0.39, 0.29) is 0 Å². The number of nitrogen functional groups attached to an aromatic ring is 1. The molecule has 1 aromatic carbocycles. The molecule has 64 valence electrons. The smallest absolute Gasteiger partial charge is 0.181 e. The molecule has 0 bridgehead atoms. The second-order valence-electron chi connectivity index (χ2n) is 2.75. The van der Waals surface area contributed by atoms with Gasteiger partial charge in [0.2, 0.25) is 0 Å². The van der Waals surface area contributed by atoms with Crippen molar-refractivity contribution in [3.05, 3.63) is 23.3 Å². The molecule has 0 saturated carbocycles. The molecule has 3 nitrogen and oxygen atoms in total. The Balaban J connectivity index is 2.87. The maximum Gasteiger partial charge on any atom is 0.181 e. The van der Waals surface area contributed by atoms with Gasteiger partial charge in [-0.1, -0.05) is 11.3 Å². The van der Waals surface area contributed by atoms with Crippen molar-refractivity contribution >= 4 is 26.7 Å². The molecule has 4 heteroatoms. The summed E-state index contributed by atoms with van der Waals surface area (Å²) in [5, 5.41) is 9.34. The van der Waals surface area contributed by atoms with E-state index in [1.165, 1.54) is 11.3 Å². The summed E-state index contributed by atoms with van der Waals surface area (Å²) < 4.78 is 1.01. The summed E-state index contributed by atoms with van der Waals surface area (Å²) >= 11 is 1.42. The fraction of sp³-hybridized carbons (Fsp3) is 0.111. The predicted octanol–water partition coefficient (Wildman–Crippen LogP) is 2.06. The maximum atomic E-state index is 8.79. The topological polar surface area (TPSA) is 62.7 Å². The van der Waals surface area contributed by atoms with Crippen LogP contribution in [0.2, 0.25) is 0 Å². The Morgan fingerprint density at radius 3 is 3.00 bits per heavy atom. The van der Waals surface area contributed by atoms with Crippen LogP contribution in [0.3, 0.4) is 0 Å². The van der Waals surface area contributed by atoms with Crippen molar-refractivity contribution in [1.29, 1.82) is 5.26 Å². The highest BCUT2D eigenvalue weighted by Crippen LogP contribution is 2.28. The number of rotatable bonds is 0. The number of anilines is 1. The van der Waals surface area contributed by atoms with Gasteiger partial charge in [-0.2, -0.15) is 5.26 Å². The number of aryl methyl sites for hydroxylation is 1. The van der Waals surface area contributed by atoms with Crippen LogP contribution in [0.5, 0.6) is 0 Å². The third kappa shape index (κ3) is 1.14. The number of hydrogen-bond donors (Lipinski definition) is 1. The molecule has 1 aromatic heterocycles. The van der Waals surface area contributed by atoms with Gasteiger partial charge in [-0.25, -0.2) is 4.98 Å². The minimum absolute atomic E-state index is 0.549. The Morgan fingerprint density at radius 1 is 1.54 bits per heavy atom. The SMILES string of the molecule is Cc1c(C#N)ccc2nc(N)sc12. The molecule has 1 heterocycles. The van der Waals surface area contributed by atoms with Crippen LogP contribution in [0, 0.1) is 18.3 Å². The molecule has 2 N–H and O–H groups in total. The minimum atomic E-state index is 0.549. The van der Waals surface area contributed by atoms with Gasteiger partial charge in [0, 0.05) is 0 Å². The number of nitrogens with zero attached hydrogens (tertiary/aromatic N) is 2. The van der Waals surface area contributed by atoms with E-state index >= 15 is 0 Å². The average molecular weight is 189 g/mol. The van der Waals surface area contributed by atoms with Crippen LogP contribution in [-0.4, -0.2) is 4.98 Å². The number of nitriles is 1. The first-order valence-electron chi connectivity index (χ1n) is 3.78. The number of thiazole rings is 1. The Bertz CT molecular complexity index is 507. The number of nitrogens with two attached hydrogens (primary N) is 1. The van der Waals surface area contributed by atoms with Crippen LogP contribution in [-0.2, 0) is 0 Å². The van der Waals surface area contributed by atoms with Gasteiger partial charge < -0.3 is 5.73 Å². The van der Waals surface area contributed by atoms with Crippen molar-refractivity contribution in [2.24, 2.45) is 0 Å². The van der Waals surface area contributed by atoms with Gasteiger partial charge in [-0.3, -0.25) is 0 Å². The van der Waals surface area contributed by atoms with Crippen molar-refractivity contribution in [2.45, 2.75) is 6.92 Å². The Kier molecular flexibility index (Phi) is 1.67.